The molecule has 9 heteroatoms. The predicted molar refractivity (Wildman–Crippen MR) is 114 cm³/mol. The van der Waals surface area contributed by atoms with Gasteiger partial charge in [0.1, 0.15) is 0 Å². The van der Waals surface area contributed by atoms with Gasteiger partial charge in [-0.2, -0.15) is 0 Å². The summed E-state index contributed by atoms with van der Waals surface area (Å²) in [5, 5.41) is 12.9. The maximum absolute atomic E-state index is 13.0. The van der Waals surface area contributed by atoms with E-state index in [9.17, 15) is 14.7 Å². The van der Waals surface area contributed by atoms with Gasteiger partial charge in [0.25, 0.3) is 5.56 Å². The van der Waals surface area contributed by atoms with Crippen molar-refractivity contribution >= 4 is 46.2 Å². The molecule has 0 bridgehead atoms. The molecule has 0 unspecified atom stereocenters. The van der Waals surface area contributed by atoms with Gasteiger partial charge >= 0.3 is 5.97 Å². The van der Waals surface area contributed by atoms with Crippen molar-refractivity contribution in [2.75, 3.05) is 14.2 Å². The highest BCUT2D eigenvalue weighted by Crippen LogP contribution is 2.33. The fraction of sp³-hybridized carbons (Fsp3) is 0.100. The van der Waals surface area contributed by atoms with Crippen LogP contribution in [0.3, 0.4) is 0 Å². The Hall–Kier alpha value is -2.97. The van der Waals surface area contributed by atoms with Gasteiger partial charge in [-0.1, -0.05) is 34.1 Å². The lowest BCUT2D eigenvalue weighted by Gasteiger charge is -2.09. The standard InChI is InChI=1S/C20H16BrClN2O5/c1-10-13(6-11-7-17(28-2)18(29-3)9-15(11)21)19(25)24(23-10)12-4-5-16(22)14(8-12)20(26)27/h4-9,23H,1H2,2-3H3,(H,26,27). The van der Waals surface area contributed by atoms with E-state index in [0.29, 0.717) is 37.8 Å². The molecule has 2 N–H and O–H groups in total. The first-order chi connectivity index (χ1) is 13.8. The second-order valence-corrected chi connectivity index (χ2v) is 7.25. The van der Waals surface area contributed by atoms with Gasteiger partial charge in [-0.15, -0.1) is 0 Å². The highest BCUT2D eigenvalue weighted by atomic mass is 79.9. The molecule has 0 aliphatic carbocycles. The van der Waals surface area contributed by atoms with Crippen LogP contribution in [-0.4, -0.2) is 35.1 Å². The third-order valence-electron chi connectivity index (χ3n) is 4.25. The van der Waals surface area contributed by atoms with Crippen LogP contribution in [0.25, 0.3) is 18.3 Å². The molecule has 0 radical (unpaired) electrons. The molecule has 29 heavy (non-hydrogen) atoms. The summed E-state index contributed by atoms with van der Waals surface area (Å²) in [5.74, 6) is -0.139. The fourth-order valence-corrected chi connectivity index (χ4v) is 3.41. The van der Waals surface area contributed by atoms with Gasteiger partial charge in [-0.05, 0) is 42.0 Å². The molecule has 0 aliphatic heterocycles. The molecule has 150 valence electrons. The van der Waals surface area contributed by atoms with Crippen molar-refractivity contribution in [1.82, 2.24) is 9.78 Å². The van der Waals surface area contributed by atoms with Gasteiger partial charge in [0.15, 0.2) is 11.5 Å². The Kier molecular flexibility index (Phi) is 5.86. The summed E-state index contributed by atoms with van der Waals surface area (Å²) >= 11 is 9.37. The van der Waals surface area contributed by atoms with Gasteiger partial charge in [-0.3, -0.25) is 9.89 Å². The Labute approximate surface area is 178 Å². The second-order valence-electron chi connectivity index (χ2n) is 5.99. The lowest BCUT2D eigenvalue weighted by atomic mass is 10.1. The minimum Gasteiger partial charge on any atom is -0.493 e. The number of benzene rings is 2. The molecule has 0 saturated heterocycles. The van der Waals surface area contributed by atoms with E-state index in [1.807, 2.05) is 0 Å². The topological polar surface area (TPSA) is 93.6 Å². The van der Waals surface area contributed by atoms with Crippen molar-refractivity contribution < 1.29 is 19.4 Å². The SMILES string of the molecule is C=c1[nH]n(-c2ccc(Cl)c(C(=O)O)c2)c(=O)c1=Cc1cc(OC)c(OC)cc1Br. The number of H-pyrrole nitrogens is 1. The molecule has 0 saturated carbocycles. The Morgan fingerprint density at radius 2 is 1.90 bits per heavy atom. The quantitative estimate of drug-likeness (QED) is 0.587. The van der Waals surface area contributed by atoms with E-state index in [1.165, 1.54) is 31.0 Å². The van der Waals surface area contributed by atoms with Crippen LogP contribution >= 0.6 is 27.5 Å². The number of aromatic amines is 1. The summed E-state index contributed by atoms with van der Waals surface area (Å²) in [4.78, 5) is 24.3. The average molecular weight is 480 g/mol. The van der Waals surface area contributed by atoms with Crippen LogP contribution in [0.15, 0.2) is 39.6 Å². The minimum atomic E-state index is -1.19. The number of aromatic carboxylic acids is 1. The maximum atomic E-state index is 13.0. The van der Waals surface area contributed by atoms with Crippen LogP contribution in [0.5, 0.6) is 11.5 Å². The van der Waals surface area contributed by atoms with Crippen LogP contribution < -0.4 is 25.6 Å². The monoisotopic (exact) mass is 478 g/mol. The highest BCUT2D eigenvalue weighted by Gasteiger charge is 2.13. The summed E-state index contributed by atoms with van der Waals surface area (Å²) in [7, 11) is 3.05. The highest BCUT2D eigenvalue weighted by molar-refractivity contribution is 9.10. The minimum absolute atomic E-state index is 0.0803. The molecule has 0 aliphatic rings. The van der Waals surface area contributed by atoms with Crippen LogP contribution in [0.4, 0.5) is 0 Å². The first kappa shape index (κ1) is 20.8. The number of nitrogens with zero attached hydrogens (tertiary/aromatic N) is 1. The molecule has 2 aromatic carbocycles. The van der Waals surface area contributed by atoms with Crippen molar-refractivity contribution in [2.45, 2.75) is 0 Å². The second kappa shape index (κ2) is 8.18. The Morgan fingerprint density at radius 3 is 2.52 bits per heavy atom. The molecule has 3 rings (SSSR count). The van der Waals surface area contributed by atoms with E-state index in [4.69, 9.17) is 21.1 Å². The number of carboxylic acid groups (broad SMARTS) is 1. The molecule has 1 aromatic heterocycles. The predicted octanol–water partition coefficient (Wildman–Crippen LogP) is 2.54. The number of aromatic nitrogens is 2. The molecule has 7 nitrogen and oxygen atoms in total. The van der Waals surface area contributed by atoms with E-state index in [1.54, 1.807) is 24.3 Å². The molecule has 0 amide bonds. The Bertz CT molecular complexity index is 1280. The number of methoxy groups -OCH3 is 2. The first-order valence-electron chi connectivity index (χ1n) is 8.23. The summed E-state index contributed by atoms with van der Waals surface area (Å²) in [6, 6.07) is 7.74. The Balaban J connectivity index is 2.20. The van der Waals surface area contributed by atoms with Crippen LogP contribution in [0, 0.1) is 0 Å². The summed E-state index contributed by atoms with van der Waals surface area (Å²) < 4.78 is 12.5. The molecule has 1 heterocycles. The molecule has 0 atom stereocenters. The van der Waals surface area contributed by atoms with E-state index >= 15 is 0 Å². The first-order valence-corrected chi connectivity index (χ1v) is 9.40. The molecule has 0 fully saturated rings. The molecular formula is C20H16BrClN2O5. The van der Waals surface area contributed by atoms with Crippen molar-refractivity contribution in [3.8, 4) is 17.2 Å². The summed E-state index contributed by atoms with van der Waals surface area (Å²) in [6.45, 7) is 3.88. The van der Waals surface area contributed by atoms with Crippen molar-refractivity contribution in [3.63, 3.8) is 0 Å². The van der Waals surface area contributed by atoms with E-state index < -0.39 is 11.5 Å². The van der Waals surface area contributed by atoms with Crippen molar-refractivity contribution in [1.29, 1.82) is 0 Å². The lowest BCUT2D eigenvalue weighted by molar-refractivity contribution is 0.0697. The number of ether oxygens (including phenoxy) is 2. The number of hydrogen-bond acceptors (Lipinski definition) is 4. The van der Waals surface area contributed by atoms with E-state index in [-0.39, 0.29) is 10.6 Å². The smallest absolute Gasteiger partial charge is 0.337 e. The Morgan fingerprint density at radius 1 is 1.24 bits per heavy atom. The molecule has 0 spiro atoms. The third-order valence-corrected chi connectivity index (χ3v) is 5.26. The third kappa shape index (κ3) is 3.94. The summed E-state index contributed by atoms with van der Waals surface area (Å²) in [6.07, 6.45) is 1.65. The normalized spacial score (nSPS) is 11.5. The fourth-order valence-electron chi connectivity index (χ4n) is 2.78. The summed E-state index contributed by atoms with van der Waals surface area (Å²) in [5.41, 5.74) is 0.505. The number of nitrogens with one attached hydrogen (secondary N) is 1. The van der Waals surface area contributed by atoms with Gasteiger partial charge in [0.05, 0.1) is 41.1 Å². The average Bonchev–Trinajstić information content (AvgIpc) is 2.97. The van der Waals surface area contributed by atoms with Crippen LogP contribution in [0.2, 0.25) is 5.02 Å². The number of hydrogen-bond donors (Lipinski definition) is 2. The largest absolute Gasteiger partial charge is 0.493 e. The van der Waals surface area contributed by atoms with Crippen molar-refractivity contribution in [3.05, 3.63) is 71.9 Å². The van der Waals surface area contributed by atoms with E-state index in [2.05, 4.69) is 27.6 Å². The van der Waals surface area contributed by atoms with E-state index in [0.717, 1.165) is 0 Å². The van der Waals surface area contributed by atoms with Crippen LogP contribution in [0.1, 0.15) is 15.9 Å². The van der Waals surface area contributed by atoms with Gasteiger partial charge in [-0.25, -0.2) is 9.48 Å². The number of carbonyl (C=O) groups is 1. The van der Waals surface area contributed by atoms with Gasteiger partial charge in [0.2, 0.25) is 0 Å². The zero-order valence-corrected chi connectivity index (χ0v) is 17.8. The zero-order valence-electron chi connectivity index (χ0n) is 15.5. The molecular weight excluding hydrogens is 464 g/mol. The zero-order chi connectivity index (χ0) is 21.3. The number of halogens is 2. The van der Waals surface area contributed by atoms with Crippen molar-refractivity contribution in [2.24, 2.45) is 0 Å². The number of carboxylic acids is 1. The van der Waals surface area contributed by atoms with Crippen LogP contribution in [-0.2, 0) is 0 Å². The number of rotatable bonds is 5. The molecule has 3 aromatic rings. The maximum Gasteiger partial charge on any atom is 0.337 e. The lowest BCUT2D eigenvalue weighted by Crippen LogP contribution is -2.34. The van der Waals surface area contributed by atoms with Gasteiger partial charge < -0.3 is 14.6 Å². The van der Waals surface area contributed by atoms with Gasteiger partial charge in [0, 0.05) is 4.47 Å².